The highest BCUT2D eigenvalue weighted by Gasteiger charge is 2.10. The Morgan fingerprint density at radius 1 is 1.04 bits per heavy atom. The van der Waals surface area contributed by atoms with Gasteiger partial charge in [-0.3, -0.25) is 4.79 Å². The first-order valence-corrected chi connectivity index (χ1v) is 8.97. The van der Waals surface area contributed by atoms with E-state index in [9.17, 15) is 4.79 Å². The summed E-state index contributed by atoms with van der Waals surface area (Å²) in [7, 11) is 0. The second-order valence-electron chi connectivity index (χ2n) is 6.00. The predicted octanol–water partition coefficient (Wildman–Crippen LogP) is 5.08. The Morgan fingerprint density at radius 2 is 1.78 bits per heavy atom. The number of benzene rings is 2. The van der Waals surface area contributed by atoms with Gasteiger partial charge in [-0.05, 0) is 32.0 Å². The van der Waals surface area contributed by atoms with E-state index in [0.717, 1.165) is 16.8 Å². The molecular weight excluding hydrogens is 385 g/mol. The SMILES string of the molecule is Cc1ccc(-c2nc(C)cc(OCC(=O)Nc3ccc(Cl)cc3Cl)n2)cc1. The van der Waals surface area contributed by atoms with Gasteiger partial charge in [0.15, 0.2) is 12.4 Å². The Hall–Kier alpha value is -2.63. The van der Waals surface area contributed by atoms with Crippen LogP contribution in [0.3, 0.4) is 0 Å². The molecule has 7 heteroatoms. The average Bonchev–Trinajstić information content (AvgIpc) is 2.62. The summed E-state index contributed by atoms with van der Waals surface area (Å²) < 4.78 is 5.54. The van der Waals surface area contributed by atoms with Crippen molar-refractivity contribution >= 4 is 34.8 Å². The van der Waals surface area contributed by atoms with Gasteiger partial charge in [0.25, 0.3) is 5.91 Å². The fourth-order valence-electron chi connectivity index (χ4n) is 2.36. The highest BCUT2D eigenvalue weighted by atomic mass is 35.5. The van der Waals surface area contributed by atoms with E-state index in [4.69, 9.17) is 27.9 Å². The molecule has 138 valence electrons. The van der Waals surface area contributed by atoms with Crippen LogP contribution >= 0.6 is 23.2 Å². The lowest BCUT2D eigenvalue weighted by atomic mass is 10.1. The van der Waals surface area contributed by atoms with E-state index in [0.29, 0.717) is 27.4 Å². The normalized spacial score (nSPS) is 10.5. The van der Waals surface area contributed by atoms with Crippen molar-refractivity contribution in [3.63, 3.8) is 0 Å². The van der Waals surface area contributed by atoms with Crippen LogP contribution in [0.1, 0.15) is 11.3 Å². The first kappa shape index (κ1) is 19.1. The molecule has 0 radical (unpaired) electrons. The van der Waals surface area contributed by atoms with Crippen molar-refractivity contribution in [2.75, 3.05) is 11.9 Å². The van der Waals surface area contributed by atoms with Crippen molar-refractivity contribution in [1.29, 1.82) is 0 Å². The van der Waals surface area contributed by atoms with Gasteiger partial charge in [-0.2, -0.15) is 4.98 Å². The Balaban J connectivity index is 1.68. The molecule has 27 heavy (non-hydrogen) atoms. The van der Waals surface area contributed by atoms with Crippen molar-refractivity contribution in [3.05, 3.63) is 69.8 Å². The molecule has 2 aromatic carbocycles. The van der Waals surface area contributed by atoms with Gasteiger partial charge in [0, 0.05) is 22.3 Å². The molecule has 0 atom stereocenters. The number of halogens is 2. The van der Waals surface area contributed by atoms with Gasteiger partial charge in [-0.15, -0.1) is 0 Å². The van der Waals surface area contributed by atoms with Crippen LogP contribution in [0, 0.1) is 13.8 Å². The number of aromatic nitrogens is 2. The van der Waals surface area contributed by atoms with E-state index in [1.54, 1.807) is 24.3 Å². The van der Waals surface area contributed by atoms with Gasteiger partial charge in [0.2, 0.25) is 5.88 Å². The number of hydrogen-bond donors (Lipinski definition) is 1. The molecule has 0 saturated heterocycles. The van der Waals surface area contributed by atoms with Gasteiger partial charge in [-0.25, -0.2) is 4.98 Å². The molecule has 0 aliphatic carbocycles. The Morgan fingerprint density at radius 3 is 2.48 bits per heavy atom. The van der Waals surface area contributed by atoms with Gasteiger partial charge < -0.3 is 10.1 Å². The third-order valence-corrected chi connectivity index (χ3v) is 4.24. The maximum Gasteiger partial charge on any atom is 0.262 e. The zero-order chi connectivity index (χ0) is 19.4. The molecule has 0 bridgehead atoms. The highest BCUT2D eigenvalue weighted by molar-refractivity contribution is 6.36. The van der Waals surface area contributed by atoms with Crippen LogP contribution in [-0.4, -0.2) is 22.5 Å². The topological polar surface area (TPSA) is 64.1 Å². The highest BCUT2D eigenvalue weighted by Crippen LogP contribution is 2.25. The lowest BCUT2D eigenvalue weighted by Gasteiger charge is -2.10. The van der Waals surface area contributed by atoms with Crippen molar-refractivity contribution in [1.82, 2.24) is 9.97 Å². The van der Waals surface area contributed by atoms with Crippen LogP contribution in [0.15, 0.2) is 48.5 Å². The van der Waals surface area contributed by atoms with Crippen LogP contribution in [-0.2, 0) is 4.79 Å². The second-order valence-corrected chi connectivity index (χ2v) is 6.84. The summed E-state index contributed by atoms with van der Waals surface area (Å²) in [5, 5.41) is 3.53. The summed E-state index contributed by atoms with van der Waals surface area (Å²) in [6.45, 7) is 3.66. The van der Waals surface area contributed by atoms with Crippen LogP contribution in [0.4, 0.5) is 5.69 Å². The zero-order valence-electron chi connectivity index (χ0n) is 14.8. The van der Waals surface area contributed by atoms with Gasteiger partial charge in [-0.1, -0.05) is 53.0 Å². The molecule has 3 rings (SSSR count). The number of amides is 1. The molecule has 5 nitrogen and oxygen atoms in total. The van der Waals surface area contributed by atoms with Crippen molar-refractivity contribution in [2.24, 2.45) is 0 Å². The van der Waals surface area contributed by atoms with E-state index >= 15 is 0 Å². The Kier molecular flexibility index (Phi) is 5.94. The monoisotopic (exact) mass is 401 g/mol. The molecule has 0 fully saturated rings. The lowest BCUT2D eigenvalue weighted by molar-refractivity contribution is -0.118. The third-order valence-electron chi connectivity index (χ3n) is 3.70. The number of anilines is 1. The largest absolute Gasteiger partial charge is 0.467 e. The minimum Gasteiger partial charge on any atom is -0.467 e. The number of nitrogens with zero attached hydrogens (tertiary/aromatic N) is 2. The number of ether oxygens (including phenoxy) is 1. The number of hydrogen-bond acceptors (Lipinski definition) is 4. The molecule has 1 N–H and O–H groups in total. The molecule has 1 aromatic heterocycles. The Bertz CT molecular complexity index is 975. The van der Waals surface area contributed by atoms with Crippen LogP contribution in [0.25, 0.3) is 11.4 Å². The number of carbonyl (C=O) groups is 1. The fourth-order valence-corrected chi connectivity index (χ4v) is 2.82. The minimum atomic E-state index is -0.354. The van der Waals surface area contributed by atoms with Crippen molar-refractivity contribution in [2.45, 2.75) is 13.8 Å². The second kappa shape index (κ2) is 8.37. The molecule has 0 unspecified atom stereocenters. The van der Waals surface area contributed by atoms with Crippen molar-refractivity contribution < 1.29 is 9.53 Å². The maximum absolute atomic E-state index is 12.1. The molecule has 0 aliphatic heterocycles. The van der Waals surface area contributed by atoms with Crippen molar-refractivity contribution in [3.8, 4) is 17.3 Å². The maximum atomic E-state index is 12.1. The van der Waals surface area contributed by atoms with Gasteiger partial charge >= 0.3 is 0 Å². The average molecular weight is 402 g/mol. The van der Waals surface area contributed by atoms with E-state index in [1.807, 2.05) is 38.1 Å². The first-order chi connectivity index (χ1) is 12.9. The summed E-state index contributed by atoms with van der Waals surface area (Å²) in [6.07, 6.45) is 0. The predicted molar refractivity (Wildman–Crippen MR) is 108 cm³/mol. The molecule has 3 aromatic rings. The van der Waals surface area contributed by atoms with E-state index in [2.05, 4.69) is 15.3 Å². The van der Waals surface area contributed by atoms with Crippen LogP contribution in [0.5, 0.6) is 5.88 Å². The first-order valence-electron chi connectivity index (χ1n) is 8.21. The molecule has 1 heterocycles. The number of carbonyl (C=O) groups excluding carboxylic acids is 1. The van der Waals surface area contributed by atoms with E-state index < -0.39 is 0 Å². The molecular formula is C20H17Cl2N3O2. The number of rotatable bonds is 5. The molecule has 0 saturated carbocycles. The summed E-state index contributed by atoms with van der Waals surface area (Å²) in [4.78, 5) is 20.9. The van der Waals surface area contributed by atoms with Crippen LogP contribution < -0.4 is 10.1 Å². The smallest absolute Gasteiger partial charge is 0.262 e. The third kappa shape index (κ3) is 5.18. The Labute approximate surface area is 167 Å². The fraction of sp³-hybridized carbons (Fsp3) is 0.150. The summed E-state index contributed by atoms with van der Waals surface area (Å²) >= 11 is 11.9. The zero-order valence-corrected chi connectivity index (χ0v) is 16.3. The van der Waals surface area contributed by atoms with Gasteiger partial charge in [0.1, 0.15) is 0 Å². The quantitative estimate of drug-likeness (QED) is 0.646. The lowest BCUT2D eigenvalue weighted by Crippen LogP contribution is -2.20. The van der Waals surface area contributed by atoms with Gasteiger partial charge in [0.05, 0.1) is 10.7 Å². The molecule has 0 spiro atoms. The summed E-state index contributed by atoms with van der Waals surface area (Å²) in [5.41, 5.74) is 3.25. The molecule has 1 amide bonds. The van der Waals surface area contributed by atoms with Crippen LogP contribution in [0.2, 0.25) is 10.0 Å². The summed E-state index contributed by atoms with van der Waals surface area (Å²) in [6, 6.07) is 14.4. The number of nitrogens with one attached hydrogen (secondary N) is 1. The van der Waals surface area contributed by atoms with E-state index in [1.165, 1.54) is 0 Å². The number of aryl methyl sites for hydroxylation is 2. The minimum absolute atomic E-state index is 0.206. The molecule has 0 aliphatic rings. The summed E-state index contributed by atoms with van der Waals surface area (Å²) in [5.74, 6) is 0.522. The standard InChI is InChI=1S/C20H17Cl2N3O2/c1-12-3-5-14(6-4-12)20-23-13(2)9-19(25-20)27-11-18(26)24-17-8-7-15(21)10-16(17)22/h3-10H,11H2,1-2H3,(H,24,26). The van der Waals surface area contributed by atoms with E-state index in [-0.39, 0.29) is 12.5 Å².